The number of carbonyl (C=O) groups is 1. The first-order chi connectivity index (χ1) is 23.9. The molecule has 2 unspecified atom stereocenters. The molecular weight excluding hydrogens is 612 g/mol. The van der Waals surface area contributed by atoms with Crippen LogP contribution in [-0.4, -0.2) is 88.4 Å². The van der Waals surface area contributed by atoms with Crippen molar-refractivity contribution in [1.82, 2.24) is 9.80 Å². The van der Waals surface area contributed by atoms with E-state index in [0.717, 1.165) is 13.2 Å². The molecule has 1 fully saturated rings. The van der Waals surface area contributed by atoms with Gasteiger partial charge in [0.1, 0.15) is 12.2 Å². The summed E-state index contributed by atoms with van der Waals surface area (Å²) < 4.78 is 25.6. The molecule has 292 valence electrons. The summed E-state index contributed by atoms with van der Waals surface area (Å²) in [5.74, 6) is 1.07. The van der Waals surface area contributed by atoms with Gasteiger partial charge in [0, 0.05) is 20.1 Å². The Hall–Kier alpha value is -0.890. The van der Waals surface area contributed by atoms with E-state index in [2.05, 4.69) is 32.6 Å². The smallest absolute Gasteiger partial charge is 0.411 e. The fraction of sp³-hybridized carbons (Fsp3) is 0.976. The Morgan fingerprint density at radius 1 is 0.592 bits per heavy atom. The third kappa shape index (κ3) is 24.1. The van der Waals surface area contributed by atoms with E-state index in [1.807, 2.05) is 14.1 Å². The van der Waals surface area contributed by atoms with Gasteiger partial charge in [-0.3, -0.25) is 0 Å². The van der Waals surface area contributed by atoms with Crippen molar-refractivity contribution in [2.75, 3.05) is 54.1 Å². The number of amides is 1. The SMILES string of the molecule is CCCCCCCCC(CCCCCC)CO[C@H]1[C@@H](OC(=O)N(C)CCN(C)C)OC[C@@H]1OCC(CCCCCC)CCCCCCCC. The minimum absolute atomic E-state index is 0.220. The quantitative estimate of drug-likeness (QED) is 0.0624. The molecule has 1 aliphatic rings. The van der Waals surface area contributed by atoms with Gasteiger partial charge in [0.25, 0.3) is 0 Å². The highest BCUT2D eigenvalue weighted by Gasteiger charge is 2.42. The Morgan fingerprint density at radius 3 is 1.45 bits per heavy atom. The molecule has 0 spiro atoms. The Morgan fingerprint density at radius 2 is 1.00 bits per heavy atom. The Kier molecular flexibility index (Phi) is 30.0. The summed E-state index contributed by atoms with van der Waals surface area (Å²) in [6, 6.07) is 0. The van der Waals surface area contributed by atoms with Gasteiger partial charge in [-0.05, 0) is 51.6 Å². The molecule has 5 atom stereocenters. The monoisotopic (exact) mass is 697 g/mol. The number of carbonyl (C=O) groups excluding carboxylic acids is 1. The van der Waals surface area contributed by atoms with Gasteiger partial charge in [-0.25, -0.2) is 4.79 Å². The predicted octanol–water partition coefficient (Wildman–Crippen LogP) is 11.4. The second kappa shape index (κ2) is 31.8. The van der Waals surface area contributed by atoms with Crippen LogP contribution >= 0.6 is 0 Å². The maximum atomic E-state index is 13.1. The van der Waals surface area contributed by atoms with Gasteiger partial charge >= 0.3 is 6.09 Å². The molecule has 7 heteroatoms. The summed E-state index contributed by atoms with van der Waals surface area (Å²) in [5, 5.41) is 0. The fourth-order valence-corrected chi connectivity index (χ4v) is 6.89. The Balaban J connectivity index is 2.93. The lowest BCUT2D eigenvalue weighted by Crippen LogP contribution is -2.42. The van der Waals surface area contributed by atoms with Crippen LogP contribution < -0.4 is 0 Å². The molecule has 0 radical (unpaired) electrons. The minimum Gasteiger partial charge on any atom is -0.416 e. The lowest BCUT2D eigenvalue weighted by Gasteiger charge is -2.28. The zero-order valence-electron chi connectivity index (χ0n) is 33.8. The number of nitrogens with zero attached hydrogens (tertiary/aromatic N) is 2. The van der Waals surface area contributed by atoms with E-state index in [1.165, 1.54) is 154 Å². The van der Waals surface area contributed by atoms with Crippen molar-refractivity contribution in [3.8, 4) is 0 Å². The highest BCUT2D eigenvalue weighted by Crippen LogP contribution is 2.28. The number of hydrogen-bond donors (Lipinski definition) is 0. The summed E-state index contributed by atoms with van der Waals surface area (Å²) >= 11 is 0. The van der Waals surface area contributed by atoms with Gasteiger partial charge in [-0.15, -0.1) is 0 Å². The molecule has 1 aliphatic heterocycles. The molecular formula is C42H84N2O5. The van der Waals surface area contributed by atoms with Crippen molar-refractivity contribution in [3.63, 3.8) is 0 Å². The third-order valence-electron chi connectivity index (χ3n) is 10.4. The van der Waals surface area contributed by atoms with E-state index in [1.54, 1.807) is 11.9 Å². The van der Waals surface area contributed by atoms with Crippen molar-refractivity contribution in [1.29, 1.82) is 0 Å². The van der Waals surface area contributed by atoms with E-state index < -0.39 is 12.4 Å². The summed E-state index contributed by atoms with van der Waals surface area (Å²) in [6.45, 7) is 12.3. The second-order valence-corrected chi connectivity index (χ2v) is 15.5. The van der Waals surface area contributed by atoms with Crippen molar-refractivity contribution < 1.29 is 23.7 Å². The summed E-state index contributed by atoms with van der Waals surface area (Å²) in [4.78, 5) is 16.8. The predicted molar refractivity (Wildman–Crippen MR) is 207 cm³/mol. The molecule has 0 aromatic heterocycles. The van der Waals surface area contributed by atoms with Crippen LogP contribution in [-0.2, 0) is 18.9 Å². The third-order valence-corrected chi connectivity index (χ3v) is 10.4. The lowest BCUT2D eigenvalue weighted by atomic mass is 9.94. The van der Waals surface area contributed by atoms with Crippen LogP contribution in [0.2, 0.25) is 0 Å². The molecule has 7 nitrogen and oxygen atoms in total. The number of likely N-dealkylation sites (N-methyl/N-ethyl adjacent to an activating group) is 2. The van der Waals surface area contributed by atoms with Crippen LogP contribution in [0.15, 0.2) is 0 Å². The van der Waals surface area contributed by atoms with Crippen LogP contribution in [0.5, 0.6) is 0 Å². The van der Waals surface area contributed by atoms with E-state index in [0.29, 0.717) is 31.6 Å². The molecule has 1 saturated heterocycles. The lowest BCUT2D eigenvalue weighted by molar-refractivity contribution is -0.150. The Labute approximate surface area is 305 Å². The first-order valence-corrected chi connectivity index (χ1v) is 21.3. The first-order valence-electron chi connectivity index (χ1n) is 21.3. The highest BCUT2D eigenvalue weighted by atomic mass is 16.7. The maximum Gasteiger partial charge on any atom is 0.411 e. The molecule has 0 aliphatic carbocycles. The van der Waals surface area contributed by atoms with Crippen molar-refractivity contribution in [2.24, 2.45) is 11.8 Å². The van der Waals surface area contributed by atoms with E-state index in [9.17, 15) is 4.79 Å². The molecule has 49 heavy (non-hydrogen) atoms. The molecule has 0 N–H and O–H groups in total. The molecule has 0 aromatic carbocycles. The normalized spacial score (nSPS) is 19.1. The molecule has 1 heterocycles. The molecule has 1 amide bonds. The van der Waals surface area contributed by atoms with Gasteiger partial charge in [-0.2, -0.15) is 0 Å². The van der Waals surface area contributed by atoms with Crippen molar-refractivity contribution >= 4 is 6.09 Å². The van der Waals surface area contributed by atoms with Gasteiger partial charge in [0.15, 0.2) is 0 Å². The molecule has 0 aromatic rings. The zero-order chi connectivity index (χ0) is 36.0. The molecule has 0 bridgehead atoms. The van der Waals surface area contributed by atoms with E-state index in [4.69, 9.17) is 18.9 Å². The second-order valence-electron chi connectivity index (χ2n) is 15.5. The number of unbranched alkanes of at least 4 members (excludes halogenated alkanes) is 16. The number of ether oxygens (including phenoxy) is 4. The maximum absolute atomic E-state index is 13.1. The summed E-state index contributed by atoms with van der Waals surface area (Å²) in [5.41, 5.74) is 0. The van der Waals surface area contributed by atoms with E-state index >= 15 is 0 Å². The van der Waals surface area contributed by atoms with Gasteiger partial charge in [-0.1, -0.05) is 156 Å². The van der Waals surface area contributed by atoms with Crippen LogP contribution in [0.3, 0.4) is 0 Å². The van der Waals surface area contributed by atoms with Crippen molar-refractivity contribution in [3.05, 3.63) is 0 Å². The largest absolute Gasteiger partial charge is 0.416 e. The van der Waals surface area contributed by atoms with Gasteiger partial charge < -0.3 is 28.7 Å². The van der Waals surface area contributed by atoms with Crippen molar-refractivity contribution in [2.45, 2.75) is 200 Å². The molecule has 0 saturated carbocycles. The van der Waals surface area contributed by atoms with Crippen LogP contribution in [0.25, 0.3) is 0 Å². The van der Waals surface area contributed by atoms with Crippen LogP contribution in [0.1, 0.15) is 182 Å². The van der Waals surface area contributed by atoms with Gasteiger partial charge in [0.2, 0.25) is 6.29 Å². The average Bonchev–Trinajstić information content (AvgIpc) is 3.47. The zero-order valence-corrected chi connectivity index (χ0v) is 33.8. The highest BCUT2D eigenvalue weighted by molar-refractivity contribution is 5.67. The first kappa shape index (κ1) is 46.1. The fourth-order valence-electron chi connectivity index (χ4n) is 6.89. The minimum atomic E-state index is -0.740. The summed E-state index contributed by atoms with van der Waals surface area (Å²) in [7, 11) is 5.82. The van der Waals surface area contributed by atoms with Gasteiger partial charge in [0.05, 0.1) is 19.8 Å². The van der Waals surface area contributed by atoms with Crippen LogP contribution in [0.4, 0.5) is 4.79 Å². The number of hydrogen-bond acceptors (Lipinski definition) is 6. The number of rotatable bonds is 34. The standard InChI is InChI=1S/C42H84N2O5/c1-8-12-16-20-22-26-30-37(28-24-18-14-10-3)34-46-39-36-48-41(49-42(45)44(7)33-32-43(5)6)40(39)47-35-38(29-25-19-15-11-4)31-27-23-21-17-13-9-2/h37-41H,8-36H2,1-7H3/t37?,38?,39-,40+,41+/m0/s1. The van der Waals surface area contributed by atoms with E-state index in [-0.39, 0.29) is 12.2 Å². The Bertz CT molecular complexity index is 738. The topological polar surface area (TPSA) is 60.5 Å². The van der Waals surface area contributed by atoms with Crippen LogP contribution in [0, 0.1) is 11.8 Å². The summed E-state index contributed by atoms with van der Waals surface area (Å²) in [6.07, 6.45) is 29.2. The molecule has 1 rings (SSSR count). The average molecular weight is 697 g/mol.